The van der Waals surface area contributed by atoms with E-state index in [2.05, 4.69) is 21.9 Å². The summed E-state index contributed by atoms with van der Waals surface area (Å²) in [7, 11) is -3.78. The molecule has 0 bridgehead atoms. The maximum atomic E-state index is 12.2. The molecule has 1 aromatic rings. The van der Waals surface area contributed by atoms with Crippen molar-refractivity contribution < 1.29 is 17.6 Å². The molecule has 0 saturated carbocycles. The fourth-order valence-electron chi connectivity index (χ4n) is 2.94. The van der Waals surface area contributed by atoms with E-state index in [1.807, 2.05) is 0 Å². The van der Waals surface area contributed by atoms with Gasteiger partial charge < -0.3 is 14.6 Å². The second kappa shape index (κ2) is 7.88. The van der Waals surface area contributed by atoms with Crippen LogP contribution in [0.15, 0.2) is 21.6 Å². The largest absolute Gasteiger partial charge is 0.438 e. The Labute approximate surface area is 150 Å². The molecule has 2 heterocycles. The van der Waals surface area contributed by atoms with E-state index < -0.39 is 21.5 Å². The van der Waals surface area contributed by atoms with Crippen molar-refractivity contribution in [2.24, 2.45) is 5.92 Å². The van der Waals surface area contributed by atoms with Crippen molar-refractivity contribution in [3.63, 3.8) is 0 Å². The summed E-state index contributed by atoms with van der Waals surface area (Å²) in [6, 6.07) is 2.69. The lowest BCUT2D eigenvalue weighted by molar-refractivity contribution is 0.0911. The van der Waals surface area contributed by atoms with Gasteiger partial charge in [0.25, 0.3) is 15.9 Å². The first-order valence-electron chi connectivity index (χ1n) is 8.71. The highest BCUT2D eigenvalue weighted by atomic mass is 32.2. The van der Waals surface area contributed by atoms with Gasteiger partial charge in [-0.2, -0.15) is 0 Å². The highest BCUT2D eigenvalue weighted by Crippen LogP contribution is 2.17. The van der Waals surface area contributed by atoms with E-state index in [-0.39, 0.29) is 10.9 Å². The van der Waals surface area contributed by atoms with Crippen LogP contribution in [0, 0.1) is 5.92 Å². The fraction of sp³-hybridized carbons (Fsp3) is 0.706. The number of hydrogen-bond donors (Lipinski definition) is 2. The van der Waals surface area contributed by atoms with Gasteiger partial charge in [0.05, 0.1) is 0 Å². The van der Waals surface area contributed by atoms with Crippen LogP contribution >= 0.6 is 0 Å². The fourth-order valence-corrected chi connectivity index (χ4v) is 4.30. The zero-order chi connectivity index (χ0) is 18.7. The van der Waals surface area contributed by atoms with E-state index in [9.17, 15) is 13.2 Å². The molecule has 8 heteroatoms. The number of nitrogens with zero attached hydrogens (tertiary/aromatic N) is 1. The van der Waals surface area contributed by atoms with Gasteiger partial charge in [0.15, 0.2) is 5.76 Å². The summed E-state index contributed by atoms with van der Waals surface area (Å²) in [5.74, 6) is 0.293. The SMILES string of the molecule is CC1CCCN(CCNC(=O)c2ccc(S(=O)(=O)NC(C)(C)C)o2)C1. The summed E-state index contributed by atoms with van der Waals surface area (Å²) >= 11 is 0. The van der Waals surface area contributed by atoms with Crippen LogP contribution in [0.25, 0.3) is 0 Å². The topological polar surface area (TPSA) is 91.7 Å². The first-order valence-corrected chi connectivity index (χ1v) is 10.2. The predicted molar refractivity (Wildman–Crippen MR) is 96.0 cm³/mol. The van der Waals surface area contributed by atoms with Crippen molar-refractivity contribution in [2.45, 2.75) is 51.2 Å². The first kappa shape index (κ1) is 19.9. The van der Waals surface area contributed by atoms with Crippen molar-refractivity contribution in [2.75, 3.05) is 26.2 Å². The van der Waals surface area contributed by atoms with Crippen molar-refractivity contribution in [1.82, 2.24) is 14.9 Å². The summed E-state index contributed by atoms with van der Waals surface area (Å²) in [6.45, 7) is 10.9. The number of carbonyl (C=O) groups is 1. The Balaban J connectivity index is 1.87. The monoisotopic (exact) mass is 371 g/mol. The maximum absolute atomic E-state index is 12.2. The highest BCUT2D eigenvalue weighted by Gasteiger charge is 2.26. The van der Waals surface area contributed by atoms with E-state index in [0.717, 1.165) is 19.6 Å². The minimum Gasteiger partial charge on any atom is -0.438 e. The average molecular weight is 372 g/mol. The Morgan fingerprint density at radius 1 is 1.36 bits per heavy atom. The predicted octanol–water partition coefficient (Wildman–Crippen LogP) is 1.82. The molecule has 2 N–H and O–H groups in total. The molecule has 2 rings (SSSR count). The van der Waals surface area contributed by atoms with Crippen LogP contribution in [0.2, 0.25) is 0 Å². The maximum Gasteiger partial charge on any atom is 0.287 e. The van der Waals surface area contributed by atoms with Crippen molar-refractivity contribution in [3.8, 4) is 0 Å². The third-order valence-electron chi connectivity index (χ3n) is 3.97. The molecule has 1 amide bonds. The number of sulfonamides is 1. The van der Waals surface area contributed by atoms with Gasteiger partial charge in [-0.3, -0.25) is 4.79 Å². The van der Waals surface area contributed by atoms with Crippen LogP contribution in [0.4, 0.5) is 0 Å². The minimum absolute atomic E-state index is 0.00120. The number of amides is 1. The van der Waals surface area contributed by atoms with Crippen LogP contribution in [0.1, 0.15) is 51.1 Å². The van der Waals surface area contributed by atoms with Gasteiger partial charge in [0.2, 0.25) is 5.09 Å². The molecule has 7 nitrogen and oxygen atoms in total. The van der Waals surface area contributed by atoms with Crippen LogP contribution in [-0.4, -0.2) is 50.9 Å². The molecule has 1 aliphatic rings. The van der Waals surface area contributed by atoms with Gasteiger partial charge >= 0.3 is 0 Å². The van der Waals surface area contributed by atoms with E-state index in [4.69, 9.17) is 4.42 Å². The molecule has 1 aliphatic heterocycles. The van der Waals surface area contributed by atoms with Crippen LogP contribution < -0.4 is 10.0 Å². The van der Waals surface area contributed by atoms with Crippen molar-refractivity contribution in [3.05, 3.63) is 17.9 Å². The van der Waals surface area contributed by atoms with Crippen LogP contribution in [0.5, 0.6) is 0 Å². The number of rotatable bonds is 6. The second-order valence-electron chi connectivity index (χ2n) is 7.78. The van der Waals surface area contributed by atoms with E-state index in [0.29, 0.717) is 12.5 Å². The summed E-state index contributed by atoms with van der Waals surface area (Å²) in [4.78, 5) is 14.5. The summed E-state index contributed by atoms with van der Waals surface area (Å²) < 4.78 is 32.1. The first-order chi connectivity index (χ1) is 11.6. The zero-order valence-corrected chi connectivity index (χ0v) is 16.3. The Bertz CT molecular complexity index is 691. The van der Waals surface area contributed by atoms with Gasteiger partial charge in [0, 0.05) is 25.2 Å². The van der Waals surface area contributed by atoms with Crippen LogP contribution in [0.3, 0.4) is 0 Å². The number of likely N-dealkylation sites (tertiary alicyclic amines) is 1. The van der Waals surface area contributed by atoms with Crippen molar-refractivity contribution in [1.29, 1.82) is 0 Å². The molecule has 0 aromatic carbocycles. The standard InChI is InChI=1S/C17H29N3O4S/c1-13-6-5-10-20(12-13)11-9-18-16(21)14-7-8-15(24-14)25(22,23)19-17(2,3)4/h7-8,13,19H,5-6,9-12H2,1-4H3,(H,18,21). The number of piperidine rings is 1. The zero-order valence-electron chi connectivity index (χ0n) is 15.5. The van der Waals surface area contributed by atoms with Crippen molar-refractivity contribution >= 4 is 15.9 Å². The third-order valence-corrected chi connectivity index (χ3v) is 5.60. The molecular weight excluding hydrogens is 342 g/mol. The molecule has 1 unspecified atom stereocenters. The summed E-state index contributed by atoms with van der Waals surface area (Å²) in [5.41, 5.74) is -0.625. The third kappa shape index (κ3) is 6.13. The Hall–Kier alpha value is -1.38. The average Bonchev–Trinajstić information content (AvgIpc) is 2.95. The Kier molecular flexibility index (Phi) is 6.29. The number of nitrogens with one attached hydrogen (secondary N) is 2. The lowest BCUT2D eigenvalue weighted by atomic mass is 10.0. The minimum atomic E-state index is -3.78. The van der Waals surface area contributed by atoms with E-state index in [1.54, 1.807) is 20.8 Å². The molecule has 1 aromatic heterocycles. The van der Waals surface area contributed by atoms with Gasteiger partial charge in [0.1, 0.15) is 0 Å². The van der Waals surface area contributed by atoms with E-state index in [1.165, 1.54) is 25.0 Å². The van der Waals surface area contributed by atoms with Gasteiger partial charge in [-0.1, -0.05) is 6.92 Å². The smallest absolute Gasteiger partial charge is 0.287 e. The molecule has 1 saturated heterocycles. The van der Waals surface area contributed by atoms with Crippen LogP contribution in [-0.2, 0) is 10.0 Å². The molecule has 25 heavy (non-hydrogen) atoms. The Morgan fingerprint density at radius 2 is 2.08 bits per heavy atom. The van der Waals surface area contributed by atoms with E-state index >= 15 is 0 Å². The van der Waals surface area contributed by atoms with Gasteiger partial charge in [-0.25, -0.2) is 13.1 Å². The number of carbonyl (C=O) groups excluding carboxylic acids is 1. The summed E-state index contributed by atoms with van der Waals surface area (Å²) in [6.07, 6.45) is 2.45. The highest BCUT2D eigenvalue weighted by molar-refractivity contribution is 7.89. The molecular formula is C17H29N3O4S. The molecule has 0 spiro atoms. The normalized spacial score (nSPS) is 19.8. The molecule has 1 atom stereocenters. The number of hydrogen-bond acceptors (Lipinski definition) is 5. The lowest BCUT2D eigenvalue weighted by Crippen LogP contribution is -2.40. The lowest BCUT2D eigenvalue weighted by Gasteiger charge is -2.30. The van der Waals surface area contributed by atoms with Gasteiger partial charge in [-0.05, 0) is 58.2 Å². The molecule has 1 fully saturated rings. The quantitative estimate of drug-likeness (QED) is 0.796. The second-order valence-corrected chi connectivity index (χ2v) is 9.39. The Morgan fingerprint density at radius 3 is 2.72 bits per heavy atom. The molecule has 0 aliphatic carbocycles. The number of furan rings is 1. The molecule has 142 valence electrons. The summed E-state index contributed by atoms with van der Waals surface area (Å²) in [5, 5.41) is 2.53. The molecule has 0 radical (unpaired) electrons. The van der Waals surface area contributed by atoms with Gasteiger partial charge in [-0.15, -0.1) is 0 Å².